The zero-order valence-corrected chi connectivity index (χ0v) is 16.2. The fourth-order valence-electron chi connectivity index (χ4n) is 4.80. The van der Waals surface area contributed by atoms with Gasteiger partial charge in [0.1, 0.15) is 12.5 Å². The van der Waals surface area contributed by atoms with Gasteiger partial charge in [-0.1, -0.05) is 60.7 Å². The Kier molecular flexibility index (Phi) is 6.17. The van der Waals surface area contributed by atoms with Crippen LogP contribution in [-0.4, -0.2) is 72.2 Å². The van der Waals surface area contributed by atoms with E-state index in [4.69, 9.17) is 0 Å². The maximum absolute atomic E-state index is 10.8. The molecule has 2 aromatic rings. The van der Waals surface area contributed by atoms with Gasteiger partial charge in [-0.05, 0) is 11.1 Å². The molecule has 28 heavy (non-hydrogen) atoms. The molecule has 2 saturated heterocycles. The lowest BCUT2D eigenvalue weighted by molar-refractivity contribution is -0.115. The Morgan fingerprint density at radius 1 is 1.00 bits per heavy atom. The number of rotatable bonds is 6. The van der Waals surface area contributed by atoms with E-state index in [9.17, 15) is 9.90 Å². The van der Waals surface area contributed by atoms with Crippen molar-refractivity contribution in [1.82, 2.24) is 15.1 Å². The first kappa shape index (κ1) is 19.3. The molecule has 2 N–H and O–H groups in total. The Labute approximate surface area is 167 Å². The predicted octanol–water partition coefficient (Wildman–Crippen LogP) is 1.68. The molecule has 0 aromatic heterocycles. The number of benzene rings is 2. The Hall–Kier alpha value is -2.05. The average Bonchev–Trinajstić information content (AvgIpc) is 2.75. The van der Waals surface area contributed by atoms with Gasteiger partial charge in [-0.2, -0.15) is 0 Å². The van der Waals surface area contributed by atoms with E-state index >= 15 is 0 Å². The molecule has 2 aliphatic heterocycles. The van der Waals surface area contributed by atoms with Gasteiger partial charge in [-0.25, -0.2) is 0 Å². The van der Waals surface area contributed by atoms with E-state index in [2.05, 4.69) is 70.9 Å². The minimum atomic E-state index is -0.668. The van der Waals surface area contributed by atoms with E-state index in [0.717, 1.165) is 39.0 Å². The first-order valence-electron chi connectivity index (χ1n) is 10.2. The number of aldehydes is 1. The van der Waals surface area contributed by atoms with E-state index in [0.29, 0.717) is 18.0 Å². The van der Waals surface area contributed by atoms with Crippen molar-refractivity contribution in [3.63, 3.8) is 0 Å². The quantitative estimate of drug-likeness (QED) is 0.748. The molecule has 4 rings (SSSR count). The second-order valence-corrected chi connectivity index (χ2v) is 7.79. The van der Waals surface area contributed by atoms with E-state index < -0.39 is 6.23 Å². The van der Waals surface area contributed by atoms with Crippen molar-refractivity contribution in [1.29, 1.82) is 0 Å². The number of aliphatic hydroxyl groups is 1. The number of carbonyl (C=O) groups is 1. The standard InChI is InChI=1S/C23H29N3O2/c27-14-11-22(28)25-12-13-26-20(17-25)15-24-16-21(26)23(18-7-3-1-4-8-18)19-9-5-2-6-10-19/h1-10,14,20-24,28H,11-13,15-17H2/t20-,21+,22?/m1/s1. The molecule has 3 atom stereocenters. The third-order valence-corrected chi connectivity index (χ3v) is 6.15. The Morgan fingerprint density at radius 2 is 1.64 bits per heavy atom. The predicted molar refractivity (Wildman–Crippen MR) is 110 cm³/mol. The van der Waals surface area contributed by atoms with E-state index in [1.54, 1.807) is 0 Å². The highest BCUT2D eigenvalue weighted by molar-refractivity contribution is 5.49. The number of nitrogens with one attached hydrogen (secondary N) is 1. The van der Waals surface area contributed by atoms with Crippen LogP contribution in [0.2, 0.25) is 0 Å². The fourth-order valence-corrected chi connectivity index (χ4v) is 4.80. The summed E-state index contributed by atoms with van der Waals surface area (Å²) in [7, 11) is 0. The average molecular weight is 380 g/mol. The lowest BCUT2D eigenvalue weighted by atomic mass is 9.82. The van der Waals surface area contributed by atoms with Crippen LogP contribution in [0.25, 0.3) is 0 Å². The summed E-state index contributed by atoms with van der Waals surface area (Å²) in [4.78, 5) is 15.4. The van der Waals surface area contributed by atoms with Gasteiger partial charge in [0.25, 0.3) is 0 Å². The molecule has 148 valence electrons. The van der Waals surface area contributed by atoms with Crippen molar-refractivity contribution < 1.29 is 9.90 Å². The van der Waals surface area contributed by atoms with Crippen LogP contribution in [0, 0.1) is 0 Å². The number of hydrogen-bond acceptors (Lipinski definition) is 5. The number of nitrogens with zero attached hydrogens (tertiary/aromatic N) is 2. The molecule has 0 spiro atoms. The lowest BCUT2D eigenvalue weighted by Gasteiger charge is -2.51. The summed E-state index contributed by atoms with van der Waals surface area (Å²) in [6.45, 7) is 4.34. The van der Waals surface area contributed by atoms with E-state index in [1.807, 2.05) is 4.90 Å². The molecule has 1 unspecified atom stereocenters. The molecule has 0 radical (unpaired) electrons. The summed E-state index contributed by atoms with van der Waals surface area (Å²) in [5.74, 6) is 0.296. The molecule has 0 aliphatic carbocycles. The van der Waals surface area contributed by atoms with Gasteiger partial charge in [-0.3, -0.25) is 9.80 Å². The normalized spacial score (nSPS) is 24.6. The highest BCUT2D eigenvalue weighted by Crippen LogP contribution is 2.34. The zero-order valence-electron chi connectivity index (χ0n) is 16.2. The third-order valence-electron chi connectivity index (χ3n) is 6.15. The van der Waals surface area contributed by atoms with Gasteiger partial charge in [-0.15, -0.1) is 0 Å². The number of hydrogen-bond donors (Lipinski definition) is 2. The molecule has 0 saturated carbocycles. The van der Waals surface area contributed by atoms with Crippen molar-refractivity contribution in [2.45, 2.75) is 30.7 Å². The van der Waals surface area contributed by atoms with Gasteiger partial charge < -0.3 is 15.2 Å². The van der Waals surface area contributed by atoms with Crippen LogP contribution >= 0.6 is 0 Å². The van der Waals surface area contributed by atoms with Crippen LogP contribution in [0.15, 0.2) is 60.7 Å². The molecule has 2 aromatic carbocycles. The summed E-state index contributed by atoms with van der Waals surface area (Å²) in [6, 6.07) is 22.2. The van der Waals surface area contributed by atoms with Crippen LogP contribution in [-0.2, 0) is 4.79 Å². The van der Waals surface area contributed by atoms with Crippen LogP contribution in [0.4, 0.5) is 0 Å². The molecular weight excluding hydrogens is 350 g/mol. The van der Waals surface area contributed by atoms with Crippen LogP contribution in [0.5, 0.6) is 0 Å². The highest BCUT2D eigenvalue weighted by Gasteiger charge is 2.40. The van der Waals surface area contributed by atoms with Gasteiger partial charge in [0, 0.05) is 57.1 Å². The van der Waals surface area contributed by atoms with Gasteiger partial charge >= 0.3 is 0 Å². The molecule has 5 heteroatoms. The van der Waals surface area contributed by atoms with E-state index in [-0.39, 0.29) is 6.42 Å². The zero-order chi connectivity index (χ0) is 19.3. The minimum absolute atomic E-state index is 0.181. The summed E-state index contributed by atoms with van der Waals surface area (Å²) in [5.41, 5.74) is 2.68. The number of fused-ring (bicyclic) bond motifs is 1. The smallest absolute Gasteiger partial charge is 0.123 e. The number of carbonyl (C=O) groups excluding carboxylic acids is 1. The topological polar surface area (TPSA) is 55.8 Å². The summed E-state index contributed by atoms with van der Waals surface area (Å²) in [6.07, 6.45) is 0.319. The van der Waals surface area contributed by atoms with E-state index in [1.165, 1.54) is 11.1 Å². The molecule has 0 amide bonds. The van der Waals surface area contributed by atoms with Crippen molar-refractivity contribution in [3.05, 3.63) is 71.8 Å². The van der Waals surface area contributed by atoms with Crippen molar-refractivity contribution in [3.8, 4) is 0 Å². The molecule has 2 heterocycles. The summed E-state index contributed by atoms with van der Waals surface area (Å²) >= 11 is 0. The molecule has 2 fully saturated rings. The largest absolute Gasteiger partial charge is 0.378 e. The maximum atomic E-state index is 10.8. The molecule has 2 aliphatic rings. The van der Waals surface area contributed by atoms with Gasteiger partial charge in [0.2, 0.25) is 0 Å². The second-order valence-electron chi connectivity index (χ2n) is 7.79. The minimum Gasteiger partial charge on any atom is -0.378 e. The SMILES string of the molecule is O=CCC(O)N1CCN2[C@H](CNC[C@H]2C(c2ccccc2)c2ccccc2)C1. The Balaban J connectivity index is 1.60. The van der Waals surface area contributed by atoms with Crippen LogP contribution in [0.1, 0.15) is 23.5 Å². The maximum Gasteiger partial charge on any atom is 0.123 e. The second kappa shape index (κ2) is 8.97. The third kappa shape index (κ3) is 4.03. The molecule has 0 bridgehead atoms. The van der Waals surface area contributed by atoms with Crippen molar-refractivity contribution >= 4 is 6.29 Å². The first-order valence-corrected chi connectivity index (χ1v) is 10.2. The van der Waals surface area contributed by atoms with Crippen LogP contribution < -0.4 is 5.32 Å². The Morgan fingerprint density at radius 3 is 2.25 bits per heavy atom. The van der Waals surface area contributed by atoms with Crippen molar-refractivity contribution in [2.24, 2.45) is 0 Å². The van der Waals surface area contributed by atoms with Crippen LogP contribution in [0.3, 0.4) is 0 Å². The van der Waals surface area contributed by atoms with Crippen molar-refractivity contribution in [2.75, 3.05) is 32.7 Å². The lowest BCUT2D eigenvalue weighted by Crippen LogP contribution is -2.67. The first-order chi connectivity index (χ1) is 13.8. The summed E-state index contributed by atoms with van der Waals surface area (Å²) in [5, 5.41) is 13.9. The monoisotopic (exact) mass is 379 g/mol. The fraction of sp³-hybridized carbons (Fsp3) is 0.435. The summed E-state index contributed by atoms with van der Waals surface area (Å²) < 4.78 is 0. The number of piperazine rings is 2. The van der Waals surface area contributed by atoms with Gasteiger partial charge in [0.05, 0.1) is 0 Å². The Bertz CT molecular complexity index is 715. The molecule has 5 nitrogen and oxygen atoms in total. The highest BCUT2D eigenvalue weighted by atomic mass is 16.3. The van der Waals surface area contributed by atoms with Gasteiger partial charge in [0.15, 0.2) is 0 Å². The molecular formula is C23H29N3O2. The number of aliphatic hydroxyl groups excluding tert-OH is 1.